The third-order valence-electron chi connectivity index (χ3n) is 1.85. The van der Waals surface area contributed by atoms with Gasteiger partial charge < -0.3 is 5.73 Å². The lowest BCUT2D eigenvalue weighted by molar-refractivity contribution is -0.0328. The van der Waals surface area contributed by atoms with Gasteiger partial charge >= 0.3 is 5.51 Å². The van der Waals surface area contributed by atoms with Crippen molar-refractivity contribution in [1.29, 1.82) is 0 Å². The Morgan fingerprint density at radius 1 is 1.25 bits per heavy atom. The number of hydrogen-bond donors (Lipinski definition) is 1. The number of alkyl halides is 4. The molecule has 0 heterocycles. The molecule has 6 heteroatoms. The molecule has 1 atom stereocenters. The Morgan fingerprint density at radius 3 is 2.25 bits per heavy atom. The Bertz CT molecular complexity index is 326. The molecule has 16 heavy (non-hydrogen) atoms. The summed E-state index contributed by atoms with van der Waals surface area (Å²) in [6.07, 6.45) is 0.570. The van der Waals surface area contributed by atoms with Gasteiger partial charge in [-0.25, -0.2) is 0 Å². The molecular formula is C10H11ClF3NS. The second-order valence-electron chi connectivity index (χ2n) is 3.31. The standard InChI is InChI=1S/C10H11ClF3NS/c11-6-8(15)5-7-1-3-9(4-2-7)16-10(12,13)14/h1-4,8H,5-6,15H2/t8-/m0/s1. The average Bonchev–Trinajstić information content (AvgIpc) is 2.18. The first-order chi connectivity index (χ1) is 7.40. The predicted octanol–water partition coefficient (Wildman–Crippen LogP) is 3.41. The lowest BCUT2D eigenvalue weighted by Crippen LogP contribution is -2.24. The molecule has 0 saturated carbocycles. The van der Waals surface area contributed by atoms with E-state index in [-0.39, 0.29) is 22.7 Å². The minimum Gasteiger partial charge on any atom is -0.326 e. The number of benzene rings is 1. The summed E-state index contributed by atoms with van der Waals surface area (Å²) in [7, 11) is 0. The molecule has 0 spiro atoms. The summed E-state index contributed by atoms with van der Waals surface area (Å²) in [5.74, 6) is 0.332. The topological polar surface area (TPSA) is 26.0 Å². The van der Waals surface area contributed by atoms with Gasteiger partial charge in [0.05, 0.1) is 0 Å². The van der Waals surface area contributed by atoms with E-state index in [2.05, 4.69) is 0 Å². The van der Waals surface area contributed by atoms with E-state index in [1.807, 2.05) is 0 Å². The van der Waals surface area contributed by atoms with Crippen molar-refractivity contribution in [2.75, 3.05) is 5.88 Å². The lowest BCUT2D eigenvalue weighted by Gasteiger charge is -2.09. The van der Waals surface area contributed by atoms with E-state index < -0.39 is 5.51 Å². The van der Waals surface area contributed by atoms with Crippen molar-refractivity contribution in [1.82, 2.24) is 0 Å². The molecule has 1 rings (SSSR count). The zero-order valence-corrected chi connectivity index (χ0v) is 9.87. The van der Waals surface area contributed by atoms with Crippen LogP contribution in [0.5, 0.6) is 0 Å². The van der Waals surface area contributed by atoms with E-state index in [4.69, 9.17) is 17.3 Å². The van der Waals surface area contributed by atoms with Gasteiger partial charge in [0, 0.05) is 16.8 Å². The van der Waals surface area contributed by atoms with Gasteiger partial charge in [0.15, 0.2) is 0 Å². The second kappa shape index (κ2) is 5.80. The normalized spacial score (nSPS) is 13.8. The van der Waals surface area contributed by atoms with Gasteiger partial charge in [-0.1, -0.05) is 12.1 Å². The van der Waals surface area contributed by atoms with Gasteiger partial charge in [0.25, 0.3) is 0 Å². The van der Waals surface area contributed by atoms with Gasteiger partial charge in [-0.3, -0.25) is 0 Å². The molecule has 0 fully saturated rings. The van der Waals surface area contributed by atoms with Crippen molar-refractivity contribution >= 4 is 23.4 Å². The minimum absolute atomic E-state index is 0.123. The molecule has 1 aromatic carbocycles. The zero-order chi connectivity index (χ0) is 12.2. The van der Waals surface area contributed by atoms with Gasteiger partial charge in [-0.05, 0) is 35.9 Å². The van der Waals surface area contributed by atoms with Gasteiger partial charge in [0.1, 0.15) is 0 Å². The van der Waals surface area contributed by atoms with Crippen LogP contribution in [0.3, 0.4) is 0 Å². The Morgan fingerprint density at radius 2 is 1.81 bits per heavy atom. The fourth-order valence-corrected chi connectivity index (χ4v) is 1.83. The fraction of sp³-hybridized carbons (Fsp3) is 0.400. The van der Waals surface area contributed by atoms with Crippen molar-refractivity contribution in [3.05, 3.63) is 29.8 Å². The summed E-state index contributed by atoms with van der Waals surface area (Å²) in [4.78, 5) is 0.177. The smallest absolute Gasteiger partial charge is 0.326 e. The molecule has 0 bridgehead atoms. The highest BCUT2D eigenvalue weighted by Gasteiger charge is 2.28. The van der Waals surface area contributed by atoms with Crippen LogP contribution in [-0.4, -0.2) is 17.4 Å². The Balaban J connectivity index is 2.61. The van der Waals surface area contributed by atoms with Crippen molar-refractivity contribution in [2.45, 2.75) is 22.9 Å². The predicted molar refractivity (Wildman–Crippen MR) is 60.8 cm³/mol. The summed E-state index contributed by atoms with van der Waals surface area (Å²) in [5, 5.41) is 0. The van der Waals surface area contributed by atoms with Crippen LogP contribution in [0.2, 0.25) is 0 Å². The highest BCUT2D eigenvalue weighted by molar-refractivity contribution is 8.00. The molecule has 0 unspecified atom stereocenters. The Hall–Kier alpha value is -0.390. The first-order valence-electron chi connectivity index (χ1n) is 4.57. The highest BCUT2D eigenvalue weighted by atomic mass is 35.5. The lowest BCUT2D eigenvalue weighted by atomic mass is 10.1. The summed E-state index contributed by atoms with van der Waals surface area (Å²) in [5.41, 5.74) is 2.27. The number of hydrogen-bond acceptors (Lipinski definition) is 2. The molecule has 1 nitrogen and oxygen atoms in total. The van der Waals surface area contributed by atoms with E-state index in [0.717, 1.165) is 5.56 Å². The molecule has 2 N–H and O–H groups in total. The van der Waals surface area contributed by atoms with E-state index in [9.17, 15) is 13.2 Å². The molecule has 0 aliphatic heterocycles. The zero-order valence-electron chi connectivity index (χ0n) is 8.30. The summed E-state index contributed by atoms with van der Waals surface area (Å²) < 4.78 is 36.1. The fourth-order valence-electron chi connectivity index (χ4n) is 1.18. The van der Waals surface area contributed by atoms with Gasteiger partial charge in [0.2, 0.25) is 0 Å². The van der Waals surface area contributed by atoms with E-state index in [1.165, 1.54) is 12.1 Å². The first kappa shape index (κ1) is 13.7. The second-order valence-corrected chi connectivity index (χ2v) is 4.76. The number of nitrogens with two attached hydrogens (primary N) is 1. The summed E-state index contributed by atoms with van der Waals surface area (Å²) in [6.45, 7) is 0. The van der Waals surface area contributed by atoms with Crippen molar-refractivity contribution in [2.24, 2.45) is 5.73 Å². The van der Waals surface area contributed by atoms with Crippen molar-refractivity contribution < 1.29 is 13.2 Å². The van der Waals surface area contributed by atoms with Gasteiger partial charge in [-0.2, -0.15) is 13.2 Å². The van der Waals surface area contributed by atoms with Crippen LogP contribution < -0.4 is 5.73 Å². The van der Waals surface area contributed by atoms with E-state index in [0.29, 0.717) is 12.3 Å². The van der Waals surface area contributed by atoms with Crippen molar-refractivity contribution in [3.63, 3.8) is 0 Å². The van der Waals surface area contributed by atoms with E-state index >= 15 is 0 Å². The first-order valence-corrected chi connectivity index (χ1v) is 5.92. The molecule has 0 aromatic heterocycles. The molecule has 90 valence electrons. The van der Waals surface area contributed by atoms with Crippen LogP contribution in [0.1, 0.15) is 5.56 Å². The van der Waals surface area contributed by atoms with Crippen LogP contribution in [0.15, 0.2) is 29.2 Å². The Labute approximate surface area is 101 Å². The van der Waals surface area contributed by atoms with Crippen LogP contribution in [-0.2, 0) is 6.42 Å². The minimum atomic E-state index is -4.24. The summed E-state index contributed by atoms with van der Waals surface area (Å²) >= 11 is 5.42. The van der Waals surface area contributed by atoms with Crippen LogP contribution in [0.4, 0.5) is 13.2 Å². The Kier molecular flexibility index (Phi) is 4.95. The largest absolute Gasteiger partial charge is 0.446 e. The maximum Gasteiger partial charge on any atom is 0.446 e. The number of halogens is 4. The molecule has 0 radical (unpaired) electrons. The summed E-state index contributed by atoms with van der Waals surface area (Å²) in [6, 6.07) is 5.99. The molecule has 1 aromatic rings. The quantitative estimate of drug-likeness (QED) is 0.670. The number of rotatable bonds is 4. The van der Waals surface area contributed by atoms with Gasteiger partial charge in [-0.15, -0.1) is 11.6 Å². The maximum atomic E-state index is 12.0. The number of thioether (sulfide) groups is 1. The maximum absolute atomic E-state index is 12.0. The SMILES string of the molecule is N[C@H](CCl)Cc1ccc(SC(F)(F)F)cc1. The molecule has 0 aliphatic carbocycles. The third kappa shape index (κ3) is 5.09. The van der Waals surface area contributed by atoms with Crippen LogP contribution >= 0.6 is 23.4 Å². The van der Waals surface area contributed by atoms with E-state index in [1.54, 1.807) is 12.1 Å². The third-order valence-corrected chi connectivity index (χ3v) is 2.99. The molecule has 0 aliphatic rings. The average molecular weight is 270 g/mol. The highest BCUT2D eigenvalue weighted by Crippen LogP contribution is 2.36. The molecular weight excluding hydrogens is 259 g/mol. The molecule has 0 saturated heterocycles. The molecule has 0 amide bonds. The van der Waals surface area contributed by atoms with Crippen LogP contribution in [0, 0.1) is 0 Å². The monoisotopic (exact) mass is 269 g/mol. The van der Waals surface area contributed by atoms with Crippen molar-refractivity contribution in [3.8, 4) is 0 Å². The van der Waals surface area contributed by atoms with Crippen LogP contribution in [0.25, 0.3) is 0 Å².